The minimum Gasteiger partial charge on any atom is -0.348 e. The number of nitrogens with zero attached hydrogens (tertiary/aromatic N) is 1. The highest BCUT2D eigenvalue weighted by atomic mass is 16.1. The van der Waals surface area contributed by atoms with Crippen molar-refractivity contribution in [3.05, 3.63) is 70.8 Å². The number of rotatable bonds is 4. The molecule has 20 heavy (non-hydrogen) atoms. The first kappa shape index (κ1) is 13.8. The van der Waals surface area contributed by atoms with Crippen LogP contribution in [0, 0.1) is 11.3 Å². The number of nitrogens with two attached hydrogens (primary N) is 1. The van der Waals surface area contributed by atoms with E-state index in [1.54, 1.807) is 24.3 Å². The summed E-state index contributed by atoms with van der Waals surface area (Å²) >= 11 is 0. The van der Waals surface area contributed by atoms with Gasteiger partial charge < -0.3 is 11.1 Å². The van der Waals surface area contributed by atoms with Gasteiger partial charge in [-0.3, -0.25) is 4.79 Å². The summed E-state index contributed by atoms with van der Waals surface area (Å²) in [5, 5.41) is 11.6. The second-order valence-corrected chi connectivity index (χ2v) is 4.40. The zero-order valence-corrected chi connectivity index (χ0v) is 11.0. The van der Waals surface area contributed by atoms with Crippen LogP contribution in [0.1, 0.15) is 27.0 Å². The van der Waals surface area contributed by atoms with Gasteiger partial charge in [-0.2, -0.15) is 5.26 Å². The highest BCUT2D eigenvalue weighted by Gasteiger charge is 2.05. The van der Waals surface area contributed by atoms with Gasteiger partial charge in [0.15, 0.2) is 0 Å². The molecule has 0 saturated carbocycles. The zero-order chi connectivity index (χ0) is 14.4. The van der Waals surface area contributed by atoms with Crippen LogP contribution in [-0.4, -0.2) is 5.91 Å². The Morgan fingerprint density at radius 3 is 2.50 bits per heavy atom. The van der Waals surface area contributed by atoms with Crippen LogP contribution >= 0.6 is 0 Å². The van der Waals surface area contributed by atoms with Crippen molar-refractivity contribution in [3.8, 4) is 6.07 Å². The highest BCUT2D eigenvalue weighted by molar-refractivity contribution is 5.94. The number of nitrogens with one attached hydrogen (secondary N) is 1. The molecule has 3 N–H and O–H groups in total. The minimum atomic E-state index is -0.190. The van der Waals surface area contributed by atoms with Crippen LogP contribution < -0.4 is 11.1 Å². The zero-order valence-electron chi connectivity index (χ0n) is 11.0. The van der Waals surface area contributed by atoms with Crippen molar-refractivity contribution >= 4 is 5.91 Å². The fourth-order valence-electron chi connectivity index (χ4n) is 1.81. The minimum absolute atomic E-state index is 0.190. The molecule has 1 amide bonds. The summed E-state index contributed by atoms with van der Waals surface area (Å²) in [6, 6.07) is 16.4. The van der Waals surface area contributed by atoms with Gasteiger partial charge in [0.2, 0.25) is 0 Å². The van der Waals surface area contributed by atoms with E-state index in [0.717, 1.165) is 11.1 Å². The molecule has 0 aromatic heterocycles. The van der Waals surface area contributed by atoms with E-state index in [4.69, 9.17) is 11.0 Å². The smallest absolute Gasteiger partial charge is 0.251 e. The van der Waals surface area contributed by atoms with Gasteiger partial charge in [-0.05, 0) is 29.3 Å². The van der Waals surface area contributed by atoms with Crippen LogP contribution in [0.15, 0.2) is 48.5 Å². The summed E-state index contributed by atoms with van der Waals surface area (Å²) in [4.78, 5) is 12.0. The molecule has 0 radical (unpaired) electrons. The summed E-state index contributed by atoms with van der Waals surface area (Å²) in [6.45, 7) is 0.952. The van der Waals surface area contributed by atoms with E-state index in [-0.39, 0.29) is 5.91 Å². The average molecular weight is 265 g/mol. The lowest BCUT2D eigenvalue weighted by Crippen LogP contribution is -2.22. The Hall–Kier alpha value is -2.64. The van der Waals surface area contributed by atoms with Crippen molar-refractivity contribution in [2.24, 2.45) is 5.73 Å². The number of amides is 1. The second-order valence-electron chi connectivity index (χ2n) is 4.40. The molecule has 4 nitrogen and oxygen atoms in total. The molecule has 0 aliphatic rings. The number of hydrogen-bond donors (Lipinski definition) is 2. The quantitative estimate of drug-likeness (QED) is 0.886. The number of carbonyl (C=O) groups excluding carboxylic acids is 1. The SMILES string of the molecule is N#Cc1cccc(C(=O)NCc2ccc(CN)cc2)c1. The largest absolute Gasteiger partial charge is 0.348 e. The van der Waals surface area contributed by atoms with Crippen molar-refractivity contribution < 1.29 is 4.79 Å². The van der Waals surface area contributed by atoms with Gasteiger partial charge >= 0.3 is 0 Å². The van der Waals surface area contributed by atoms with E-state index in [2.05, 4.69) is 5.32 Å². The lowest BCUT2D eigenvalue weighted by molar-refractivity contribution is 0.0951. The summed E-state index contributed by atoms with van der Waals surface area (Å²) in [7, 11) is 0. The third-order valence-corrected chi connectivity index (χ3v) is 2.97. The van der Waals surface area contributed by atoms with Crippen LogP contribution in [-0.2, 0) is 13.1 Å². The van der Waals surface area contributed by atoms with Crippen LogP contribution in [0.5, 0.6) is 0 Å². The number of carbonyl (C=O) groups is 1. The Kier molecular flexibility index (Phi) is 4.48. The molecule has 0 aliphatic carbocycles. The van der Waals surface area contributed by atoms with Gasteiger partial charge in [0, 0.05) is 18.7 Å². The first-order chi connectivity index (χ1) is 9.72. The Balaban J connectivity index is 1.99. The van der Waals surface area contributed by atoms with Crippen molar-refractivity contribution in [2.45, 2.75) is 13.1 Å². The molecule has 4 heteroatoms. The maximum Gasteiger partial charge on any atom is 0.251 e. The van der Waals surface area contributed by atoms with Crippen molar-refractivity contribution in [3.63, 3.8) is 0 Å². The fraction of sp³-hybridized carbons (Fsp3) is 0.125. The lowest BCUT2D eigenvalue weighted by Gasteiger charge is -2.06. The predicted molar refractivity (Wildman–Crippen MR) is 76.7 cm³/mol. The van der Waals surface area contributed by atoms with Crippen molar-refractivity contribution in [1.82, 2.24) is 5.32 Å². The van der Waals surface area contributed by atoms with E-state index in [1.807, 2.05) is 30.3 Å². The third kappa shape index (κ3) is 3.44. The first-order valence-electron chi connectivity index (χ1n) is 6.29. The number of benzene rings is 2. The topological polar surface area (TPSA) is 78.9 Å². The molecule has 2 aromatic rings. The molecule has 0 aliphatic heterocycles. The molecule has 0 saturated heterocycles. The Labute approximate surface area is 117 Å². The van der Waals surface area contributed by atoms with Crippen LogP contribution in [0.2, 0.25) is 0 Å². The third-order valence-electron chi connectivity index (χ3n) is 2.97. The van der Waals surface area contributed by atoms with Crippen LogP contribution in [0.25, 0.3) is 0 Å². The Morgan fingerprint density at radius 2 is 1.85 bits per heavy atom. The molecule has 0 unspecified atom stereocenters. The van der Waals surface area contributed by atoms with E-state index in [1.165, 1.54) is 0 Å². The summed E-state index contributed by atoms with van der Waals surface area (Å²) in [5.74, 6) is -0.190. The van der Waals surface area contributed by atoms with Crippen LogP contribution in [0.4, 0.5) is 0 Å². The second kappa shape index (κ2) is 6.50. The summed E-state index contributed by atoms with van der Waals surface area (Å²) < 4.78 is 0. The maximum atomic E-state index is 12.0. The first-order valence-corrected chi connectivity index (χ1v) is 6.29. The molecule has 2 aromatic carbocycles. The van der Waals surface area contributed by atoms with Gasteiger partial charge in [0.05, 0.1) is 11.6 Å². The standard InChI is InChI=1S/C16H15N3O/c17-9-12-4-6-13(7-5-12)11-19-16(20)15-3-1-2-14(8-15)10-18/h1-8H,9,11,17H2,(H,19,20). The predicted octanol–water partition coefficient (Wildman–Crippen LogP) is 1.95. The van der Waals surface area contributed by atoms with Crippen LogP contribution in [0.3, 0.4) is 0 Å². The molecular weight excluding hydrogens is 250 g/mol. The fourth-order valence-corrected chi connectivity index (χ4v) is 1.81. The lowest BCUT2D eigenvalue weighted by atomic mass is 10.1. The van der Waals surface area contributed by atoms with E-state index in [9.17, 15) is 4.79 Å². The highest BCUT2D eigenvalue weighted by Crippen LogP contribution is 2.06. The molecule has 100 valence electrons. The van der Waals surface area contributed by atoms with Gasteiger partial charge in [-0.1, -0.05) is 30.3 Å². The molecule has 0 atom stereocenters. The monoisotopic (exact) mass is 265 g/mol. The van der Waals surface area contributed by atoms with E-state index < -0.39 is 0 Å². The molecular formula is C16H15N3O. The van der Waals surface area contributed by atoms with E-state index in [0.29, 0.717) is 24.2 Å². The number of hydrogen-bond acceptors (Lipinski definition) is 3. The average Bonchev–Trinajstić information content (AvgIpc) is 2.53. The van der Waals surface area contributed by atoms with Crippen molar-refractivity contribution in [1.29, 1.82) is 5.26 Å². The molecule has 0 spiro atoms. The van der Waals surface area contributed by atoms with E-state index >= 15 is 0 Å². The molecule has 0 heterocycles. The molecule has 0 fully saturated rings. The molecule has 2 rings (SSSR count). The Bertz CT molecular complexity index is 642. The number of nitriles is 1. The van der Waals surface area contributed by atoms with Gasteiger partial charge in [-0.25, -0.2) is 0 Å². The maximum absolute atomic E-state index is 12.0. The van der Waals surface area contributed by atoms with Gasteiger partial charge in [0.25, 0.3) is 5.91 Å². The molecule has 0 bridgehead atoms. The van der Waals surface area contributed by atoms with Gasteiger partial charge in [-0.15, -0.1) is 0 Å². The normalized spacial score (nSPS) is 9.80. The Morgan fingerprint density at radius 1 is 1.15 bits per heavy atom. The van der Waals surface area contributed by atoms with Gasteiger partial charge in [0.1, 0.15) is 0 Å². The summed E-state index contributed by atoms with van der Waals surface area (Å²) in [5.41, 5.74) is 8.56. The summed E-state index contributed by atoms with van der Waals surface area (Å²) in [6.07, 6.45) is 0. The van der Waals surface area contributed by atoms with Crippen molar-refractivity contribution in [2.75, 3.05) is 0 Å².